The van der Waals surface area contributed by atoms with Gasteiger partial charge in [0.1, 0.15) is 5.75 Å². The van der Waals surface area contributed by atoms with Crippen LogP contribution in [-0.2, 0) is 32.5 Å². The number of aromatic amines is 1. The van der Waals surface area contributed by atoms with E-state index in [1.807, 2.05) is 54.7 Å². The zero-order valence-corrected chi connectivity index (χ0v) is 23.2. The quantitative estimate of drug-likeness (QED) is 0.234. The Hall–Kier alpha value is -3.66. The second kappa shape index (κ2) is 13.4. The highest BCUT2D eigenvalue weighted by molar-refractivity contribution is 7.89. The maximum Gasteiger partial charge on any atom is 0.243 e. The Morgan fingerprint density at radius 1 is 0.897 bits per heavy atom. The molecule has 0 atom stereocenters. The maximum absolute atomic E-state index is 13.8. The van der Waals surface area contributed by atoms with E-state index in [0.29, 0.717) is 38.3 Å². The zero-order chi connectivity index (χ0) is 27.7. The summed E-state index contributed by atoms with van der Waals surface area (Å²) in [6.45, 7) is 1.12. The summed E-state index contributed by atoms with van der Waals surface area (Å²) in [7, 11) is -0.831. The van der Waals surface area contributed by atoms with Crippen LogP contribution >= 0.6 is 0 Å². The zero-order valence-electron chi connectivity index (χ0n) is 22.4. The number of amides is 1. The first-order chi connectivity index (χ1) is 18.9. The summed E-state index contributed by atoms with van der Waals surface area (Å²) >= 11 is 0. The van der Waals surface area contributed by atoms with Gasteiger partial charge < -0.3 is 19.4 Å². The first kappa shape index (κ1) is 28.4. The van der Waals surface area contributed by atoms with E-state index in [-0.39, 0.29) is 23.9 Å². The van der Waals surface area contributed by atoms with Crippen LogP contribution in [0.15, 0.2) is 90.0 Å². The summed E-state index contributed by atoms with van der Waals surface area (Å²) in [5.41, 5.74) is 3.14. The minimum atomic E-state index is -3.93. The van der Waals surface area contributed by atoms with Gasteiger partial charge in [0.2, 0.25) is 15.9 Å². The van der Waals surface area contributed by atoms with Crippen LogP contribution in [0.25, 0.3) is 10.9 Å². The number of para-hydroxylation sites is 1. The van der Waals surface area contributed by atoms with E-state index in [9.17, 15) is 13.2 Å². The molecule has 206 valence electrons. The molecule has 1 heterocycles. The van der Waals surface area contributed by atoms with Gasteiger partial charge in [-0.1, -0.05) is 48.5 Å². The standard InChI is InChI=1S/C30H35N3O5S/c1-37-20-8-18-33(39(35,36)27-15-13-26(38-2)14-16-27)23-30(34)32(22-24-9-4-3-5-10-24)19-17-25-21-31-29-12-7-6-11-28(25)29/h3-7,9-16,21,31H,8,17-20,22-23H2,1-2H3. The number of hydrogen-bond donors (Lipinski definition) is 1. The fourth-order valence-electron chi connectivity index (χ4n) is 4.51. The minimum absolute atomic E-state index is 0.113. The molecule has 3 aromatic carbocycles. The number of ether oxygens (including phenoxy) is 2. The van der Waals surface area contributed by atoms with Crippen molar-refractivity contribution in [2.45, 2.75) is 24.3 Å². The molecule has 39 heavy (non-hydrogen) atoms. The van der Waals surface area contributed by atoms with E-state index in [0.717, 1.165) is 22.0 Å². The summed E-state index contributed by atoms with van der Waals surface area (Å²) < 4.78 is 38.8. The largest absolute Gasteiger partial charge is 0.497 e. The van der Waals surface area contributed by atoms with Gasteiger partial charge in [-0.25, -0.2) is 8.42 Å². The van der Waals surface area contributed by atoms with Crippen LogP contribution < -0.4 is 4.74 Å². The molecule has 0 aliphatic rings. The molecular weight excluding hydrogens is 514 g/mol. The number of benzene rings is 3. The number of nitrogens with zero attached hydrogens (tertiary/aromatic N) is 2. The third-order valence-electron chi connectivity index (χ3n) is 6.66. The van der Waals surface area contributed by atoms with Crippen molar-refractivity contribution in [1.29, 1.82) is 0 Å². The number of carbonyl (C=O) groups excluding carboxylic acids is 1. The Morgan fingerprint density at radius 3 is 2.33 bits per heavy atom. The van der Waals surface area contributed by atoms with Crippen molar-refractivity contribution in [3.63, 3.8) is 0 Å². The monoisotopic (exact) mass is 549 g/mol. The number of hydrogen-bond acceptors (Lipinski definition) is 5. The predicted octanol–water partition coefficient (Wildman–Crippen LogP) is 4.48. The lowest BCUT2D eigenvalue weighted by molar-refractivity contribution is -0.132. The van der Waals surface area contributed by atoms with Gasteiger partial charge in [-0.3, -0.25) is 4.79 Å². The second-order valence-corrected chi connectivity index (χ2v) is 11.2. The van der Waals surface area contributed by atoms with Gasteiger partial charge in [0, 0.05) is 50.5 Å². The molecule has 0 aliphatic carbocycles. The number of methoxy groups -OCH3 is 2. The van der Waals surface area contributed by atoms with Gasteiger partial charge in [-0.05, 0) is 54.3 Å². The highest BCUT2D eigenvalue weighted by Gasteiger charge is 2.28. The summed E-state index contributed by atoms with van der Waals surface area (Å²) in [5, 5.41) is 1.12. The van der Waals surface area contributed by atoms with Gasteiger partial charge in [-0.2, -0.15) is 4.31 Å². The van der Waals surface area contributed by atoms with Gasteiger partial charge >= 0.3 is 0 Å². The smallest absolute Gasteiger partial charge is 0.243 e. The number of H-pyrrole nitrogens is 1. The molecular formula is C30H35N3O5S. The van der Waals surface area contributed by atoms with Crippen molar-refractivity contribution in [3.8, 4) is 5.75 Å². The Kier molecular flexibility index (Phi) is 9.75. The van der Waals surface area contributed by atoms with Gasteiger partial charge in [0.25, 0.3) is 0 Å². The molecule has 1 N–H and O–H groups in total. The van der Waals surface area contributed by atoms with Crippen molar-refractivity contribution in [3.05, 3.63) is 96.2 Å². The first-order valence-corrected chi connectivity index (χ1v) is 14.4. The van der Waals surface area contributed by atoms with Crippen molar-refractivity contribution >= 4 is 26.8 Å². The maximum atomic E-state index is 13.8. The molecule has 1 amide bonds. The molecule has 0 saturated carbocycles. The second-order valence-electron chi connectivity index (χ2n) is 9.27. The lowest BCUT2D eigenvalue weighted by atomic mass is 10.1. The molecule has 0 fully saturated rings. The van der Waals surface area contributed by atoms with E-state index < -0.39 is 10.0 Å². The van der Waals surface area contributed by atoms with E-state index in [1.165, 1.54) is 23.5 Å². The molecule has 4 aromatic rings. The lowest BCUT2D eigenvalue weighted by Crippen LogP contribution is -2.43. The van der Waals surface area contributed by atoms with Crippen LogP contribution in [-0.4, -0.2) is 69.0 Å². The average molecular weight is 550 g/mol. The van der Waals surface area contributed by atoms with E-state index >= 15 is 0 Å². The number of rotatable bonds is 14. The van der Waals surface area contributed by atoms with Gasteiger partial charge in [0.15, 0.2) is 0 Å². The Morgan fingerprint density at radius 2 is 1.62 bits per heavy atom. The van der Waals surface area contributed by atoms with Crippen LogP contribution in [0.2, 0.25) is 0 Å². The number of fused-ring (bicyclic) bond motifs is 1. The van der Waals surface area contributed by atoms with Crippen LogP contribution in [0.1, 0.15) is 17.5 Å². The first-order valence-electron chi connectivity index (χ1n) is 12.9. The summed E-state index contributed by atoms with van der Waals surface area (Å²) in [4.78, 5) is 18.9. The van der Waals surface area contributed by atoms with Gasteiger partial charge in [0.05, 0.1) is 18.6 Å². The normalized spacial score (nSPS) is 11.7. The summed E-state index contributed by atoms with van der Waals surface area (Å²) in [6.07, 6.45) is 3.08. The van der Waals surface area contributed by atoms with Crippen LogP contribution in [0.5, 0.6) is 5.75 Å². The molecule has 0 bridgehead atoms. The number of carbonyl (C=O) groups is 1. The number of aromatic nitrogens is 1. The van der Waals surface area contributed by atoms with E-state index in [4.69, 9.17) is 9.47 Å². The van der Waals surface area contributed by atoms with Crippen LogP contribution in [0.3, 0.4) is 0 Å². The fourth-order valence-corrected chi connectivity index (χ4v) is 5.93. The summed E-state index contributed by atoms with van der Waals surface area (Å²) in [5.74, 6) is 0.301. The number of sulfonamides is 1. The van der Waals surface area contributed by atoms with Crippen LogP contribution in [0, 0.1) is 0 Å². The molecule has 0 spiro atoms. The molecule has 9 heteroatoms. The van der Waals surface area contributed by atoms with E-state index in [1.54, 1.807) is 24.1 Å². The highest BCUT2D eigenvalue weighted by Crippen LogP contribution is 2.22. The Balaban J connectivity index is 1.57. The molecule has 0 saturated heterocycles. The fraction of sp³-hybridized carbons (Fsp3) is 0.300. The lowest BCUT2D eigenvalue weighted by Gasteiger charge is -2.27. The van der Waals surface area contributed by atoms with E-state index in [2.05, 4.69) is 11.1 Å². The molecule has 1 aromatic heterocycles. The van der Waals surface area contributed by atoms with Gasteiger partial charge in [-0.15, -0.1) is 0 Å². The Labute approximate surface area is 230 Å². The predicted molar refractivity (Wildman–Crippen MR) is 152 cm³/mol. The third-order valence-corrected chi connectivity index (χ3v) is 8.52. The molecule has 0 unspecified atom stereocenters. The minimum Gasteiger partial charge on any atom is -0.497 e. The molecule has 0 radical (unpaired) electrons. The average Bonchev–Trinajstić information content (AvgIpc) is 3.38. The highest BCUT2D eigenvalue weighted by atomic mass is 32.2. The van der Waals surface area contributed by atoms with Crippen molar-refractivity contribution in [1.82, 2.24) is 14.2 Å². The molecule has 0 aliphatic heterocycles. The molecule has 4 rings (SSSR count). The van der Waals surface area contributed by atoms with Crippen molar-refractivity contribution in [2.75, 3.05) is 40.5 Å². The van der Waals surface area contributed by atoms with Crippen molar-refractivity contribution < 1.29 is 22.7 Å². The Bertz CT molecular complexity index is 1450. The summed E-state index contributed by atoms with van der Waals surface area (Å²) in [6, 6.07) is 24.0. The molecule has 8 nitrogen and oxygen atoms in total. The third kappa shape index (κ3) is 7.26. The van der Waals surface area contributed by atoms with Crippen LogP contribution in [0.4, 0.5) is 0 Å². The van der Waals surface area contributed by atoms with Crippen molar-refractivity contribution in [2.24, 2.45) is 0 Å². The SMILES string of the molecule is COCCCN(CC(=O)N(CCc1c[nH]c2ccccc12)Cc1ccccc1)S(=O)(=O)c1ccc(OC)cc1. The topological polar surface area (TPSA) is 91.9 Å². The number of nitrogens with one attached hydrogen (secondary N) is 1.